The average molecular weight is 230 g/mol. The molecule has 0 saturated heterocycles. The van der Waals surface area contributed by atoms with E-state index in [4.69, 9.17) is 5.11 Å². The highest BCUT2D eigenvalue weighted by Crippen LogP contribution is 2.37. The Labute approximate surface area is 104 Å². The Morgan fingerprint density at radius 3 is 2.12 bits per heavy atom. The molecule has 100 valence electrons. The molecule has 1 nitrogen and oxygen atoms in total. The van der Waals surface area contributed by atoms with Crippen LogP contribution in [0.25, 0.3) is 0 Å². The van der Waals surface area contributed by atoms with Gasteiger partial charge in [-0.15, -0.1) is 0 Å². The molecule has 1 aliphatic carbocycles. The molecule has 16 heavy (non-hydrogen) atoms. The van der Waals surface area contributed by atoms with Crippen LogP contribution in [0, 0.1) is 17.8 Å². The van der Waals surface area contributed by atoms with E-state index in [1.54, 1.807) is 0 Å². The monoisotopic (exact) mass is 230 g/mol. The first kappa shape index (κ1) is 18.3. The summed E-state index contributed by atoms with van der Waals surface area (Å²) in [6.07, 6.45) is 8.77. The molecule has 1 heteroatoms. The van der Waals surface area contributed by atoms with E-state index in [-0.39, 0.29) is 0 Å². The highest BCUT2D eigenvalue weighted by atomic mass is 16.2. The lowest BCUT2D eigenvalue weighted by Crippen LogP contribution is -2.07. The van der Waals surface area contributed by atoms with Gasteiger partial charge in [0.25, 0.3) is 0 Å². The van der Waals surface area contributed by atoms with E-state index in [9.17, 15) is 0 Å². The number of unbranched alkanes of at least 4 members (excludes halogenated alkanes) is 1. The first-order valence-electron chi connectivity index (χ1n) is 7.18. The third kappa shape index (κ3) is 8.15. The average Bonchev–Trinajstić information content (AvgIpc) is 2.78. The molecule has 3 unspecified atom stereocenters. The molecule has 0 amide bonds. The van der Waals surface area contributed by atoms with E-state index in [1.165, 1.54) is 38.5 Å². The van der Waals surface area contributed by atoms with Crippen LogP contribution in [0.15, 0.2) is 0 Å². The summed E-state index contributed by atoms with van der Waals surface area (Å²) in [5.41, 5.74) is 0. The van der Waals surface area contributed by atoms with Gasteiger partial charge < -0.3 is 5.11 Å². The van der Waals surface area contributed by atoms with Gasteiger partial charge >= 0.3 is 0 Å². The van der Waals surface area contributed by atoms with Crippen molar-refractivity contribution in [3.63, 3.8) is 0 Å². The zero-order valence-corrected chi connectivity index (χ0v) is 12.4. The summed E-state index contributed by atoms with van der Waals surface area (Å²) in [7, 11) is 1.00. The van der Waals surface area contributed by atoms with E-state index in [0.717, 1.165) is 24.9 Å². The molecule has 0 radical (unpaired) electrons. The third-order valence-corrected chi connectivity index (χ3v) is 3.55. The molecule has 3 atom stereocenters. The fraction of sp³-hybridized carbons (Fsp3) is 1.00. The first-order chi connectivity index (χ1) is 7.74. The van der Waals surface area contributed by atoms with Crippen molar-refractivity contribution in [2.75, 3.05) is 7.11 Å². The van der Waals surface area contributed by atoms with Crippen LogP contribution in [0.5, 0.6) is 0 Å². The van der Waals surface area contributed by atoms with Gasteiger partial charge in [-0.3, -0.25) is 0 Å². The van der Waals surface area contributed by atoms with Crippen molar-refractivity contribution in [3.8, 4) is 0 Å². The van der Waals surface area contributed by atoms with Crippen LogP contribution in [0.3, 0.4) is 0 Å². The molecular formula is C15H34O. The van der Waals surface area contributed by atoms with E-state index in [1.807, 2.05) is 13.8 Å². The van der Waals surface area contributed by atoms with Crippen LogP contribution < -0.4 is 0 Å². The molecule has 1 rings (SSSR count). The summed E-state index contributed by atoms with van der Waals surface area (Å²) >= 11 is 0. The van der Waals surface area contributed by atoms with Gasteiger partial charge in [0.15, 0.2) is 0 Å². The van der Waals surface area contributed by atoms with Crippen LogP contribution in [0.1, 0.15) is 73.1 Å². The number of hydrogen-bond donors (Lipinski definition) is 1. The predicted octanol–water partition coefficient (Wildman–Crippen LogP) is 4.88. The predicted molar refractivity (Wildman–Crippen MR) is 74.7 cm³/mol. The lowest BCUT2D eigenvalue weighted by atomic mass is 9.88. The molecule has 1 fully saturated rings. The molecule has 1 saturated carbocycles. The topological polar surface area (TPSA) is 20.2 Å². The molecule has 1 N–H and O–H groups in total. The summed E-state index contributed by atoms with van der Waals surface area (Å²) in [4.78, 5) is 0. The van der Waals surface area contributed by atoms with Crippen molar-refractivity contribution < 1.29 is 5.11 Å². The van der Waals surface area contributed by atoms with E-state index < -0.39 is 0 Å². The van der Waals surface area contributed by atoms with Crippen LogP contribution in [0.4, 0.5) is 0 Å². The summed E-state index contributed by atoms with van der Waals surface area (Å²) in [5.74, 6) is 3.07. The minimum Gasteiger partial charge on any atom is -0.400 e. The van der Waals surface area contributed by atoms with E-state index in [2.05, 4.69) is 20.8 Å². The van der Waals surface area contributed by atoms with Crippen molar-refractivity contribution in [1.29, 1.82) is 0 Å². The van der Waals surface area contributed by atoms with Gasteiger partial charge in [0, 0.05) is 7.11 Å². The SMILES string of the molecule is CC.CCCCC(C)C1CCC(C)C1.CO. The zero-order chi connectivity index (χ0) is 13.0. The number of aliphatic hydroxyl groups excluding tert-OH is 1. The maximum absolute atomic E-state index is 7.00. The maximum atomic E-state index is 7.00. The van der Waals surface area contributed by atoms with Crippen molar-refractivity contribution in [3.05, 3.63) is 0 Å². The lowest BCUT2D eigenvalue weighted by molar-refractivity contribution is 0.329. The van der Waals surface area contributed by atoms with Gasteiger partial charge in [0.1, 0.15) is 0 Å². The van der Waals surface area contributed by atoms with Crippen molar-refractivity contribution >= 4 is 0 Å². The largest absolute Gasteiger partial charge is 0.400 e. The highest BCUT2D eigenvalue weighted by molar-refractivity contribution is 4.76. The summed E-state index contributed by atoms with van der Waals surface area (Å²) in [6, 6.07) is 0. The molecular weight excluding hydrogens is 196 g/mol. The van der Waals surface area contributed by atoms with Crippen molar-refractivity contribution in [2.24, 2.45) is 17.8 Å². The molecule has 0 heterocycles. The fourth-order valence-corrected chi connectivity index (χ4v) is 2.53. The standard InChI is InChI=1S/C12H24.C2H6.CH4O/c1-4-5-6-11(3)12-8-7-10(2)9-12;2*1-2/h10-12H,4-9H2,1-3H3;1-2H3;2H,1H3. The maximum Gasteiger partial charge on any atom is 0.0319 e. The molecule has 0 spiro atoms. The van der Waals surface area contributed by atoms with Crippen molar-refractivity contribution in [1.82, 2.24) is 0 Å². The van der Waals surface area contributed by atoms with Gasteiger partial charge in [-0.25, -0.2) is 0 Å². The quantitative estimate of drug-likeness (QED) is 0.729. The third-order valence-electron chi connectivity index (χ3n) is 3.55. The fourth-order valence-electron chi connectivity index (χ4n) is 2.53. The Hall–Kier alpha value is -0.0400. The number of hydrogen-bond acceptors (Lipinski definition) is 1. The van der Waals surface area contributed by atoms with Crippen LogP contribution in [-0.4, -0.2) is 12.2 Å². The molecule has 1 aliphatic rings. The Balaban J connectivity index is 0. The van der Waals surface area contributed by atoms with Gasteiger partial charge in [0.05, 0.1) is 0 Å². The number of aliphatic hydroxyl groups is 1. The summed E-state index contributed by atoms with van der Waals surface area (Å²) in [6.45, 7) is 11.2. The minimum atomic E-state index is 0.995. The molecule has 0 aromatic rings. The molecule has 0 aromatic carbocycles. The first-order valence-corrected chi connectivity index (χ1v) is 7.18. The molecule has 0 aromatic heterocycles. The summed E-state index contributed by atoms with van der Waals surface area (Å²) < 4.78 is 0. The van der Waals surface area contributed by atoms with Crippen molar-refractivity contribution in [2.45, 2.75) is 73.1 Å². The van der Waals surface area contributed by atoms with E-state index in [0.29, 0.717) is 0 Å². The Kier molecular flexibility index (Phi) is 14.9. The van der Waals surface area contributed by atoms with E-state index >= 15 is 0 Å². The smallest absolute Gasteiger partial charge is 0.0319 e. The van der Waals surface area contributed by atoms with Gasteiger partial charge in [-0.05, 0) is 30.6 Å². The second-order valence-corrected chi connectivity index (χ2v) is 4.80. The number of rotatable bonds is 4. The Morgan fingerprint density at radius 1 is 1.19 bits per heavy atom. The normalized spacial score (nSPS) is 24.9. The summed E-state index contributed by atoms with van der Waals surface area (Å²) in [5, 5.41) is 7.00. The lowest BCUT2D eigenvalue weighted by Gasteiger charge is -2.18. The minimum absolute atomic E-state index is 0.995. The van der Waals surface area contributed by atoms with Crippen LogP contribution in [-0.2, 0) is 0 Å². The highest BCUT2D eigenvalue weighted by Gasteiger charge is 2.25. The van der Waals surface area contributed by atoms with Gasteiger partial charge in [-0.2, -0.15) is 0 Å². The van der Waals surface area contributed by atoms with Gasteiger partial charge in [-0.1, -0.05) is 60.3 Å². The second kappa shape index (κ2) is 13.0. The van der Waals surface area contributed by atoms with Gasteiger partial charge in [0.2, 0.25) is 0 Å². The Bertz CT molecular complexity index is 123. The van der Waals surface area contributed by atoms with Crippen LogP contribution in [0.2, 0.25) is 0 Å². The second-order valence-electron chi connectivity index (χ2n) is 4.80. The van der Waals surface area contributed by atoms with Crippen LogP contribution >= 0.6 is 0 Å². The zero-order valence-electron chi connectivity index (χ0n) is 12.4. The molecule has 0 bridgehead atoms. The molecule has 0 aliphatic heterocycles. The Morgan fingerprint density at radius 2 is 1.75 bits per heavy atom.